The molecule has 0 fully saturated rings. The lowest BCUT2D eigenvalue weighted by atomic mass is 9.76. The van der Waals surface area contributed by atoms with Crippen molar-refractivity contribution in [2.45, 2.75) is 65.2 Å². The molecule has 0 aliphatic heterocycles. The average Bonchev–Trinajstić information content (AvgIpc) is 2.62. The fraction of sp³-hybridized carbons (Fsp3) is 0.571. The fourth-order valence-corrected chi connectivity index (χ4v) is 2.46. The molecular formula is C21H31NO4. The topological polar surface area (TPSA) is 72.5 Å². The van der Waals surface area contributed by atoms with Crippen molar-refractivity contribution in [2.75, 3.05) is 6.73 Å². The predicted octanol–water partition coefficient (Wildman–Crippen LogP) is 3.53. The van der Waals surface area contributed by atoms with Gasteiger partial charge in [-0.25, -0.2) is 0 Å². The first-order valence-corrected chi connectivity index (χ1v) is 9.09. The normalized spacial score (nSPS) is 12.0. The molecule has 0 saturated carbocycles. The second-order valence-corrected chi connectivity index (χ2v) is 7.81. The van der Waals surface area contributed by atoms with Crippen molar-refractivity contribution in [1.29, 1.82) is 0 Å². The molecular weight excluding hydrogens is 330 g/mol. The van der Waals surface area contributed by atoms with E-state index < -0.39 is 11.8 Å². The van der Waals surface area contributed by atoms with Crippen LogP contribution in [0.2, 0.25) is 0 Å². The van der Waals surface area contributed by atoms with Gasteiger partial charge in [-0.15, -0.1) is 0 Å². The summed E-state index contributed by atoms with van der Waals surface area (Å²) in [6, 6.07) is 6.17. The van der Waals surface area contributed by atoms with Crippen molar-refractivity contribution in [3.8, 4) is 5.75 Å². The zero-order valence-corrected chi connectivity index (χ0v) is 16.7. The third-order valence-corrected chi connectivity index (χ3v) is 5.33. The van der Waals surface area contributed by atoms with Gasteiger partial charge in [0.1, 0.15) is 24.2 Å². The number of carbonyl (C=O) groups is 3. The van der Waals surface area contributed by atoms with Gasteiger partial charge in [0.25, 0.3) is 0 Å². The molecule has 144 valence electrons. The van der Waals surface area contributed by atoms with E-state index in [0.717, 1.165) is 18.4 Å². The van der Waals surface area contributed by atoms with Gasteiger partial charge in [-0.2, -0.15) is 0 Å². The minimum atomic E-state index is -1.29. The summed E-state index contributed by atoms with van der Waals surface area (Å²) in [5.74, 6) is -1.26. The van der Waals surface area contributed by atoms with E-state index >= 15 is 0 Å². The quantitative estimate of drug-likeness (QED) is 0.393. The molecule has 1 aromatic carbocycles. The first-order valence-electron chi connectivity index (χ1n) is 9.09. The largest absolute Gasteiger partial charge is 0.473 e. The first-order chi connectivity index (χ1) is 12.1. The summed E-state index contributed by atoms with van der Waals surface area (Å²) >= 11 is 0. The van der Waals surface area contributed by atoms with E-state index in [1.807, 2.05) is 6.07 Å². The van der Waals surface area contributed by atoms with Crippen LogP contribution in [-0.2, 0) is 25.2 Å². The second kappa shape index (κ2) is 8.97. The summed E-state index contributed by atoms with van der Waals surface area (Å²) < 4.78 is 5.77. The third-order valence-electron chi connectivity index (χ3n) is 5.33. The zero-order valence-electron chi connectivity index (χ0n) is 16.7. The summed E-state index contributed by atoms with van der Waals surface area (Å²) in [6.45, 7) is 12.9. The molecule has 0 atom stereocenters. The fourth-order valence-electron chi connectivity index (χ4n) is 2.46. The summed E-state index contributed by atoms with van der Waals surface area (Å²) in [5.41, 5.74) is 2.30. The summed E-state index contributed by atoms with van der Waals surface area (Å²) in [4.78, 5) is 33.0. The van der Waals surface area contributed by atoms with Gasteiger partial charge in [-0.3, -0.25) is 4.79 Å². The Labute approximate surface area is 156 Å². The molecule has 1 rings (SSSR count). The van der Waals surface area contributed by atoms with E-state index in [-0.39, 0.29) is 17.6 Å². The van der Waals surface area contributed by atoms with Gasteiger partial charge in [0, 0.05) is 5.56 Å². The summed E-state index contributed by atoms with van der Waals surface area (Å²) in [7, 11) is 0. The van der Waals surface area contributed by atoms with Gasteiger partial charge in [0.2, 0.25) is 5.91 Å². The Morgan fingerprint density at radius 3 is 2.15 bits per heavy atom. The number of hydrogen-bond donors (Lipinski definition) is 1. The predicted molar refractivity (Wildman–Crippen MR) is 102 cm³/mol. The number of carbonyl (C=O) groups excluding carboxylic acids is 3. The molecule has 1 amide bonds. The van der Waals surface area contributed by atoms with E-state index in [4.69, 9.17) is 4.74 Å². The van der Waals surface area contributed by atoms with Crippen molar-refractivity contribution < 1.29 is 19.1 Å². The number of rotatable bonds is 10. The number of aldehydes is 2. The minimum Gasteiger partial charge on any atom is -0.473 e. The van der Waals surface area contributed by atoms with Crippen LogP contribution in [0.15, 0.2) is 18.2 Å². The molecule has 5 heteroatoms. The number of amides is 1. The van der Waals surface area contributed by atoms with Crippen molar-refractivity contribution in [2.24, 2.45) is 5.92 Å². The lowest BCUT2D eigenvalue weighted by molar-refractivity contribution is -0.133. The Morgan fingerprint density at radius 1 is 1.08 bits per heavy atom. The van der Waals surface area contributed by atoms with Crippen LogP contribution in [0.5, 0.6) is 5.75 Å². The SMILES string of the molecule is CCC(C)(C)c1ccc(OCNC(=O)C(C=O)C=O)c(C(C)(C)CC)c1. The highest BCUT2D eigenvalue weighted by Crippen LogP contribution is 2.38. The Morgan fingerprint density at radius 2 is 1.65 bits per heavy atom. The van der Waals surface area contributed by atoms with Crippen LogP contribution in [0.25, 0.3) is 0 Å². The third kappa shape index (κ3) is 5.16. The molecule has 0 aromatic heterocycles. The number of benzene rings is 1. The van der Waals surface area contributed by atoms with Crippen LogP contribution in [-0.4, -0.2) is 25.2 Å². The summed E-state index contributed by atoms with van der Waals surface area (Å²) in [5, 5.41) is 2.46. The van der Waals surface area contributed by atoms with Crippen LogP contribution in [0, 0.1) is 5.92 Å². The molecule has 0 radical (unpaired) electrons. The van der Waals surface area contributed by atoms with Crippen LogP contribution >= 0.6 is 0 Å². The zero-order chi connectivity index (χ0) is 20.0. The van der Waals surface area contributed by atoms with E-state index in [9.17, 15) is 14.4 Å². The van der Waals surface area contributed by atoms with Gasteiger partial charge >= 0.3 is 0 Å². The van der Waals surface area contributed by atoms with Crippen molar-refractivity contribution in [3.63, 3.8) is 0 Å². The Kier molecular flexibility index (Phi) is 7.54. The molecule has 0 spiro atoms. The Bertz CT molecular complexity index is 641. The van der Waals surface area contributed by atoms with Crippen LogP contribution in [0.3, 0.4) is 0 Å². The van der Waals surface area contributed by atoms with Gasteiger partial charge in [0.15, 0.2) is 6.73 Å². The molecule has 26 heavy (non-hydrogen) atoms. The highest BCUT2D eigenvalue weighted by molar-refractivity contribution is 6.04. The van der Waals surface area contributed by atoms with Gasteiger partial charge in [-0.1, -0.05) is 53.7 Å². The maximum atomic E-state index is 11.7. The monoisotopic (exact) mass is 361 g/mol. The second-order valence-electron chi connectivity index (χ2n) is 7.81. The minimum absolute atomic E-state index is 0.0620. The lowest BCUT2D eigenvalue weighted by Crippen LogP contribution is -2.35. The molecule has 0 unspecified atom stereocenters. The molecule has 0 aliphatic rings. The molecule has 1 N–H and O–H groups in total. The van der Waals surface area contributed by atoms with Gasteiger partial charge in [-0.05, 0) is 35.3 Å². The van der Waals surface area contributed by atoms with E-state index in [2.05, 4.69) is 59.0 Å². The van der Waals surface area contributed by atoms with Gasteiger partial charge in [0.05, 0.1) is 0 Å². The molecule has 5 nitrogen and oxygen atoms in total. The number of hydrogen-bond acceptors (Lipinski definition) is 4. The Balaban J connectivity index is 3.05. The molecule has 0 heterocycles. The number of nitrogens with one attached hydrogen (secondary N) is 1. The highest BCUT2D eigenvalue weighted by Gasteiger charge is 2.26. The van der Waals surface area contributed by atoms with E-state index in [1.54, 1.807) is 0 Å². The van der Waals surface area contributed by atoms with E-state index in [0.29, 0.717) is 18.3 Å². The molecule has 0 bridgehead atoms. The van der Waals surface area contributed by atoms with Gasteiger partial charge < -0.3 is 19.6 Å². The standard InChI is InChI=1S/C21H31NO4/c1-7-20(3,4)16-9-10-18(17(11-16)21(5,6)8-2)26-14-22-19(25)15(12-23)13-24/h9-13,15H,7-8,14H2,1-6H3,(H,22,25). The van der Waals surface area contributed by atoms with E-state index in [1.165, 1.54) is 5.56 Å². The maximum absolute atomic E-state index is 11.7. The summed E-state index contributed by atoms with van der Waals surface area (Å²) in [6.07, 6.45) is 2.59. The molecule has 1 aromatic rings. The first kappa shape index (κ1) is 21.9. The van der Waals surface area contributed by atoms with Crippen LogP contribution in [0.4, 0.5) is 0 Å². The highest BCUT2D eigenvalue weighted by atomic mass is 16.5. The van der Waals surface area contributed by atoms with Crippen molar-refractivity contribution >= 4 is 18.5 Å². The van der Waals surface area contributed by atoms with Crippen LogP contribution in [0.1, 0.15) is 65.5 Å². The molecule has 0 saturated heterocycles. The van der Waals surface area contributed by atoms with Crippen molar-refractivity contribution in [1.82, 2.24) is 5.32 Å². The molecule has 0 aliphatic carbocycles. The average molecular weight is 361 g/mol. The Hall–Kier alpha value is -2.17. The lowest BCUT2D eigenvalue weighted by Gasteiger charge is -2.30. The smallest absolute Gasteiger partial charge is 0.240 e. The maximum Gasteiger partial charge on any atom is 0.240 e. The van der Waals surface area contributed by atoms with Crippen molar-refractivity contribution in [3.05, 3.63) is 29.3 Å². The number of ether oxygens (including phenoxy) is 1. The van der Waals surface area contributed by atoms with Crippen LogP contribution < -0.4 is 10.1 Å².